The molecule has 0 spiro atoms. The topological polar surface area (TPSA) is 164 Å². The Bertz CT molecular complexity index is 1350. The van der Waals surface area contributed by atoms with Crippen LogP contribution in [-0.2, 0) is 30.7 Å². The second-order valence-electron chi connectivity index (χ2n) is 12.0. The molecule has 43 heavy (non-hydrogen) atoms. The molecule has 1 amide bonds. The number of anilines is 1. The number of carbonyl (C=O) groups is 1. The minimum absolute atomic E-state index is 0.0447. The molecule has 0 bridgehead atoms. The number of aliphatic hydroxyl groups is 1. The van der Waals surface area contributed by atoms with Gasteiger partial charge in [0.15, 0.2) is 6.29 Å². The van der Waals surface area contributed by atoms with Gasteiger partial charge in [0.1, 0.15) is 6.10 Å². The van der Waals surface area contributed by atoms with Gasteiger partial charge in [-0.1, -0.05) is 44.2 Å². The molecule has 4 rings (SSSR count). The number of nitrogens with one attached hydrogen (secondary N) is 1. The van der Waals surface area contributed by atoms with Crippen LogP contribution in [0.4, 0.5) is 10.5 Å². The first-order valence-corrected chi connectivity index (χ1v) is 16.1. The van der Waals surface area contributed by atoms with E-state index in [-0.39, 0.29) is 43.2 Å². The van der Waals surface area contributed by atoms with Gasteiger partial charge in [-0.3, -0.25) is 0 Å². The van der Waals surface area contributed by atoms with E-state index in [4.69, 9.17) is 25.2 Å². The lowest BCUT2D eigenvalue weighted by Gasteiger charge is -2.35. The number of nitriles is 1. The van der Waals surface area contributed by atoms with Crippen molar-refractivity contribution in [3.05, 3.63) is 60.2 Å². The molecular formula is C31H42N4O7S. The highest BCUT2D eigenvalue weighted by molar-refractivity contribution is 7.89. The van der Waals surface area contributed by atoms with E-state index in [9.17, 15) is 18.3 Å². The highest BCUT2D eigenvalue weighted by atomic mass is 32.2. The summed E-state index contributed by atoms with van der Waals surface area (Å²) >= 11 is 0. The summed E-state index contributed by atoms with van der Waals surface area (Å²) in [5.74, 6) is -0.0490. The van der Waals surface area contributed by atoms with Gasteiger partial charge in [-0.2, -0.15) is 9.57 Å². The first kappa shape index (κ1) is 32.7. The lowest BCUT2D eigenvalue weighted by molar-refractivity contribution is -0.0907. The first-order valence-electron chi connectivity index (χ1n) is 14.6. The number of nitrogen functional groups attached to an aromatic ring is 1. The number of hydrogen-bond acceptors (Lipinski definition) is 9. The zero-order valence-corrected chi connectivity index (χ0v) is 25.5. The maximum atomic E-state index is 13.9. The highest BCUT2D eigenvalue weighted by Gasteiger charge is 2.44. The maximum absolute atomic E-state index is 13.9. The molecule has 12 heteroatoms. The van der Waals surface area contributed by atoms with E-state index in [0.29, 0.717) is 31.6 Å². The number of amides is 1. The summed E-state index contributed by atoms with van der Waals surface area (Å²) in [4.78, 5) is 13.1. The van der Waals surface area contributed by atoms with Crippen LogP contribution in [0.5, 0.6) is 0 Å². The number of unbranched alkanes of at least 4 members (excludes halogenated alkanes) is 1. The molecule has 11 nitrogen and oxygen atoms in total. The molecule has 2 aliphatic heterocycles. The summed E-state index contributed by atoms with van der Waals surface area (Å²) in [6.45, 7) is 4.44. The fraction of sp³-hybridized carbons (Fsp3) is 0.548. The van der Waals surface area contributed by atoms with Crippen LogP contribution in [0.15, 0.2) is 59.5 Å². The molecule has 2 fully saturated rings. The minimum atomic E-state index is -4.06. The summed E-state index contributed by atoms with van der Waals surface area (Å²) in [5, 5.41) is 23.4. The van der Waals surface area contributed by atoms with Crippen molar-refractivity contribution in [2.75, 3.05) is 32.0 Å². The van der Waals surface area contributed by atoms with E-state index >= 15 is 0 Å². The number of hydrogen-bond donors (Lipinski definition) is 3. The molecular weight excluding hydrogens is 572 g/mol. The van der Waals surface area contributed by atoms with Crippen molar-refractivity contribution < 1.29 is 32.5 Å². The average Bonchev–Trinajstić information content (AvgIpc) is 3.58. The quantitative estimate of drug-likeness (QED) is 0.214. The van der Waals surface area contributed by atoms with Crippen LogP contribution in [0.2, 0.25) is 0 Å². The standard InChI is InChI=1S/C31H42N4O7S/c1-31(2,15-6-7-16-32)21-35(43(38,39)24-12-10-23(33)11-13-24)19-27(36)26(18-22-8-4-3-5-9-22)34-30(37)42-28-20-41-29-25(28)14-17-40-29/h3-5,8-13,25-29,36H,6-7,14-15,17-21,33H2,1-2H3,(H,34,37)/t25-,26+,27-,28-,29+/m1/s1. The molecule has 0 aliphatic carbocycles. The highest BCUT2D eigenvalue weighted by Crippen LogP contribution is 2.33. The van der Waals surface area contributed by atoms with Gasteiger partial charge in [0, 0.05) is 25.2 Å². The first-order chi connectivity index (χ1) is 20.5. The average molecular weight is 615 g/mol. The Morgan fingerprint density at radius 3 is 2.63 bits per heavy atom. The molecule has 2 aromatic carbocycles. The van der Waals surface area contributed by atoms with E-state index in [1.807, 2.05) is 44.2 Å². The van der Waals surface area contributed by atoms with Crippen molar-refractivity contribution >= 4 is 21.8 Å². The second-order valence-corrected chi connectivity index (χ2v) is 14.0. The fourth-order valence-electron chi connectivity index (χ4n) is 5.60. The summed E-state index contributed by atoms with van der Waals surface area (Å²) in [5.41, 5.74) is 6.58. The van der Waals surface area contributed by atoms with Gasteiger partial charge < -0.3 is 30.4 Å². The maximum Gasteiger partial charge on any atom is 0.407 e. The lowest BCUT2D eigenvalue weighted by atomic mass is 9.87. The van der Waals surface area contributed by atoms with Gasteiger partial charge in [0.25, 0.3) is 0 Å². The van der Waals surface area contributed by atoms with Crippen LogP contribution in [0, 0.1) is 22.7 Å². The number of benzene rings is 2. The third-order valence-electron chi connectivity index (χ3n) is 7.96. The van der Waals surface area contributed by atoms with E-state index in [1.165, 1.54) is 28.6 Å². The van der Waals surface area contributed by atoms with E-state index in [0.717, 1.165) is 12.0 Å². The predicted molar refractivity (Wildman–Crippen MR) is 160 cm³/mol. The molecule has 234 valence electrons. The molecule has 2 saturated heterocycles. The van der Waals surface area contributed by atoms with Crippen LogP contribution in [0.3, 0.4) is 0 Å². The van der Waals surface area contributed by atoms with Crippen LogP contribution >= 0.6 is 0 Å². The molecule has 2 aromatic rings. The molecule has 2 heterocycles. The number of rotatable bonds is 14. The van der Waals surface area contributed by atoms with Gasteiger partial charge in [0.05, 0.1) is 42.2 Å². The third-order valence-corrected chi connectivity index (χ3v) is 9.79. The number of ether oxygens (including phenoxy) is 3. The Morgan fingerprint density at radius 2 is 1.93 bits per heavy atom. The number of alkyl carbamates (subject to hydrolysis) is 1. The smallest absolute Gasteiger partial charge is 0.407 e. The normalized spacial score (nSPS) is 21.6. The predicted octanol–water partition coefficient (Wildman–Crippen LogP) is 3.44. The molecule has 0 unspecified atom stereocenters. The zero-order valence-electron chi connectivity index (χ0n) is 24.7. The molecule has 5 atom stereocenters. The summed E-state index contributed by atoms with van der Waals surface area (Å²) < 4.78 is 45.9. The van der Waals surface area contributed by atoms with Crippen molar-refractivity contribution in [3.63, 3.8) is 0 Å². The lowest BCUT2D eigenvalue weighted by Crippen LogP contribution is -2.52. The van der Waals surface area contributed by atoms with Gasteiger partial charge >= 0.3 is 6.09 Å². The number of nitrogens with zero attached hydrogens (tertiary/aromatic N) is 2. The van der Waals surface area contributed by atoms with Crippen molar-refractivity contribution in [3.8, 4) is 6.07 Å². The van der Waals surface area contributed by atoms with Crippen LogP contribution in [0.1, 0.15) is 45.1 Å². The van der Waals surface area contributed by atoms with Crippen LogP contribution in [0.25, 0.3) is 0 Å². The van der Waals surface area contributed by atoms with Crippen LogP contribution in [-0.4, -0.2) is 74.8 Å². The van der Waals surface area contributed by atoms with Gasteiger partial charge in [0.2, 0.25) is 10.0 Å². The van der Waals surface area contributed by atoms with Gasteiger partial charge in [-0.05, 0) is 60.9 Å². The molecule has 0 saturated carbocycles. The fourth-order valence-corrected chi connectivity index (χ4v) is 7.24. The molecule has 2 aliphatic rings. The van der Waals surface area contributed by atoms with Crippen molar-refractivity contribution in [1.29, 1.82) is 5.26 Å². The van der Waals surface area contributed by atoms with Crippen molar-refractivity contribution in [2.24, 2.45) is 11.3 Å². The largest absolute Gasteiger partial charge is 0.443 e. The Morgan fingerprint density at radius 1 is 1.21 bits per heavy atom. The zero-order chi connectivity index (χ0) is 31.0. The summed E-state index contributed by atoms with van der Waals surface area (Å²) in [7, 11) is -4.06. The number of aliphatic hydroxyl groups excluding tert-OH is 1. The Hall–Kier alpha value is -3.21. The van der Waals surface area contributed by atoms with Gasteiger partial charge in [-0.25, -0.2) is 13.2 Å². The number of sulfonamides is 1. The Balaban J connectivity index is 1.55. The molecule has 0 aromatic heterocycles. The molecule has 0 radical (unpaired) electrons. The molecule has 4 N–H and O–H groups in total. The van der Waals surface area contributed by atoms with Crippen molar-refractivity contribution in [2.45, 2.75) is 75.4 Å². The minimum Gasteiger partial charge on any atom is -0.443 e. The summed E-state index contributed by atoms with van der Waals surface area (Å²) in [6, 6.07) is 16.5. The SMILES string of the molecule is CC(C)(CCCC#N)CN(C[C@@H](O)[C@H](Cc1ccccc1)NC(=O)O[C@@H]1CO[C@@H]2OCC[C@@H]21)S(=O)(=O)c1ccc(N)cc1. The number of fused-ring (bicyclic) bond motifs is 1. The second kappa shape index (κ2) is 14.5. The number of carbonyl (C=O) groups excluding carboxylic acids is 1. The van der Waals surface area contributed by atoms with Crippen molar-refractivity contribution in [1.82, 2.24) is 9.62 Å². The monoisotopic (exact) mass is 614 g/mol. The number of nitrogens with two attached hydrogens (primary N) is 1. The van der Waals surface area contributed by atoms with E-state index < -0.39 is 39.8 Å². The third kappa shape index (κ3) is 8.90. The Kier molecular flexibility index (Phi) is 11.0. The van der Waals surface area contributed by atoms with E-state index in [1.54, 1.807) is 0 Å². The van der Waals surface area contributed by atoms with Crippen LogP contribution < -0.4 is 11.1 Å². The van der Waals surface area contributed by atoms with Gasteiger partial charge in [-0.15, -0.1) is 0 Å². The summed E-state index contributed by atoms with van der Waals surface area (Å²) in [6.07, 6.45) is -0.302. The van der Waals surface area contributed by atoms with E-state index in [2.05, 4.69) is 11.4 Å². The Labute approximate surface area is 254 Å².